The lowest BCUT2D eigenvalue weighted by Gasteiger charge is -2.59. The number of allylic oxidation sites excluding steroid dienone is 1. The second-order valence-electron chi connectivity index (χ2n) is 8.76. The average Bonchev–Trinajstić information content (AvgIpc) is 2.85. The molecule has 4 aliphatic carbocycles. The van der Waals surface area contributed by atoms with Gasteiger partial charge in [0.05, 0.1) is 12.2 Å². The molecule has 0 aromatic carbocycles. The normalized spacial score (nSPS) is 49.8. The number of fused-ring (bicyclic) bond motifs is 5. The quantitative estimate of drug-likeness (QED) is 0.671. The maximum absolute atomic E-state index is 11.8. The van der Waals surface area contributed by atoms with Gasteiger partial charge in [0.15, 0.2) is 5.78 Å². The van der Waals surface area contributed by atoms with Crippen molar-refractivity contribution >= 4 is 5.78 Å². The van der Waals surface area contributed by atoms with Crippen molar-refractivity contribution in [2.75, 3.05) is 0 Å². The molecule has 3 heteroatoms. The number of aliphatic hydroxyl groups is 2. The van der Waals surface area contributed by atoms with Crippen molar-refractivity contribution in [1.29, 1.82) is 0 Å². The zero-order valence-electron chi connectivity index (χ0n) is 14.9. The van der Waals surface area contributed by atoms with Gasteiger partial charge in [0.2, 0.25) is 0 Å². The molecule has 2 N–H and O–H groups in total. The molecule has 0 aromatic heterocycles. The lowest BCUT2D eigenvalue weighted by Crippen LogP contribution is -2.57. The van der Waals surface area contributed by atoms with E-state index >= 15 is 0 Å². The molecule has 3 nitrogen and oxygen atoms in total. The number of carbonyl (C=O) groups excluding carboxylic acids is 1. The summed E-state index contributed by atoms with van der Waals surface area (Å²) >= 11 is 0. The van der Waals surface area contributed by atoms with Crippen molar-refractivity contribution in [3.8, 4) is 12.8 Å². The summed E-state index contributed by atoms with van der Waals surface area (Å²) in [7, 11) is 0. The van der Waals surface area contributed by atoms with Crippen LogP contribution in [0.15, 0.2) is 11.6 Å². The predicted octanol–water partition coefficient (Wildman–Crippen LogP) is 3.10. The topological polar surface area (TPSA) is 57.5 Å². The second kappa shape index (κ2) is 6.00. The summed E-state index contributed by atoms with van der Waals surface area (Å²) in [5.41, 5.74) is 1.17. The van der Waals surface area contributed by atoms with E-state index in [-0.39, 0.29) is 34.7 Å². The Balaban J connectivity index is 0.000000815. The van der Waals surface area contributed by atoms with Crippen LogP contribution >= 0.6 is 0 Å². The van der Waals surface area contributed by atoms with Crippen molar-refractivity contribution in [2.24, 2.45) is 28.6 Å². The fraction of sp³-hybridized carbons (Fsp3) is 0.762. The highest BCUT2D eigenvalue weighted by Gasteiger charge is 2.61. The molecule has 24 heavy (non-hydrogen) atoms. The van der Waals surface area contributed by atoms with Crippen LogP contribution in [0, 0.1) is 41.4 Å². The minimum Gasteiger partial charge on any atom is -0.393 e. The van der Waals surface area contributed by atoms with Gasteiger partial charge in [-0.25, -0.2) is 0 Å². The van der Waals surface area contributed by atoms with Crippen LogP contribution in [0.2, 0.25) is 0 Å². The number of ketones is 1. The molecule has 4 rings (SSSR count). The minimum atomic E-state index is -0.346. The van der Waals surface area contributed by atoms with Gasteiger partial charge in [0.25, 0.3) is 0 Å². The van der Waals surface area contributed by atoms with E-state index in [1.807, 2.05) is 6.08 Å². The van der Waals surface area contributed by atoms with Gasteiger partial charge in [0.1, 0.15) is 0 Å². The summed E-state index contributed by atoms with van der Waals surface area (Å²) in [6.07, 6.45) is 15.6. The maximum Gasteiger partial charge on any atom is 0.155 e. The lowest BCUT2D eigenvalue weighted by molar-refractivity contribution is -0.142. The number of aliphatic hydroxyl groups excluding tert-OH is 2. The minimum absolute atomic E-state index is 0.00881. The molecule has 0 spiro atoms. The van der Waals surface area contributed by atoms with Crippen molar-refractivity contribution in [2.45, 2.75) is 71.0 Å². The van der Waals surface area contributed by atoms with Gasteiger partial charge in [-0.3, -0.25) is 4.79 Å². The van der Waals surface area contributed by atoms with E-state index in [1.165, 1.54) is 5.57 Å². The van der Waals surface area contributed by atoms with Gasteiger partial charge in [-0.05, 0) is 73.2 Å². The highest BCUT2D eigenvalue weighted by Crippen LogP contribution is 2.65. The molecule has 0 aromatic rings. The molecule has 0 heterocycles. The lowest BCUT2D eigenvalue weighted by atomic mass is 9.46. The molecule has 7 atom stereocenters. The Kier molecular flexibility index (Phi) is 4.43. The van der Waals surface area contributed by atoms with Crippen molar-refractivity contribution in [3.63, 3.8) is 0 Å². The molecular formula is C21H30O3. The Morgan fingerprint density at radius 2 is 1.83 bits per heavy atom. The third-order valence-electron chi connectivity index (χ3n) is 7.84. The molecular weight excluding hydrogens is 300 g/mol. The molecule has 7 unspecified atom stereocenters. The van der Waals surface area contributed by atoms with Crippen LogP contribution in [-0.4, -0.2) is 28.2 Å². The third-order valence-corrected chi connectivity index (χ3v) is 7.84. The van der Waals surface area contributed by atoms with Gasteiger partial charge in [-0.15, -0.1) is 12.8 Å². The first-order valence-electron chi connectivity index (χ1n) is 9.29. The van der Waals surface area contributed by atoms with E-state index in [9.17, 15) is 15.0 Å². The fourth-order valence-corrected chi connectivity index (χ4v) is 6.66. The summed E-state index contributed by atoms with van der Waals surface area (Å²) in [5, 5.41) is 21.4. The SMILES string of the molecule is C#C.CC12CCC(=O)C=C1CCC1C2C(O)CC2(C)C(O)CCC12. The van der Waals surface area contributed by atoms with Gasteiger partial charge in [-0.1, -0.05) is 19.4 Å². The van der Waals surface area contributed by atoms with Crippen molar-refractivity contribution in [1.82, 2.24) is 0 Å². The van der Waals surface area contributed by atoms with Gasteiger partial charge < -0.3 is 10.2 Å². The Morgan fingerprint density at radius 3 is 2.54 bits per heavy atom. The zero-order valence-corrected chi connectivity index (χ0v) is 14.9. The number of hydrogen-bond donors (Lipinski definition) is 2. The van der Waals surface area contributed by atoms with Crippen LogP contribution in [0.5, 0.6) is 0 Å². The van der Waals surface area contributed by atoms with E-state index in [2.05, 4.69) is 26.7 Å². The van der Waals surface area contributed by atoms with E-state index < -0.39 is 0 Å². The Bertz CT molecular complexity index is 577. The van der Waals surface area contributed by atoms with Crippen LogP contribution < -0.4 is 0 Å². The monoisotopic (exact) mass is 330 g/mol. The molecule has 4 aliphatic rings. The average molecular weight is 330 g/mol. The van der Waals surface area contributed by atoms with Gasteiger partial charge in [0, 0.05) is 6.42 Å². The number of carbonyl (C=O) groups is 1. The van der Waals surface area contributed by atoms with Crippen molar-refractivity contribution in [3.05, 3.63) is 11.6 Å². The predicted molar refractivity (Wildman–Crippen MR) is 94.0 cm³/mol. The highest BCUT2D eigenvalue weighted by molar-refractivity contribution is 5.91. The molecule has 0 radical (unpaired) electrons. The summed E-state index contributed by atoms with van der Waals surface area (Å²) in [5.74, 6) is 1.56. The van der Waals surface area contributed by atoms with Crippen LogP contribution in [-0.2, 0) is 4.79 Å². The van der Waals surface area contributed by atoms with Crippen LogP contribution in [0.25, 0.3) is 0 Å². The molecule has 3 fully saturated rings. The second-order valence-corrected chi connectivity index (χ2v) is 8.76. The zero-order chi connectivity index (χ0) is 17.7. The number of rotatable bonds is 0. The first-order chi connectivity index (χ1) is 11.4. The van der Waals surface area contributed by atoms with Crippen LogP contribution in [0.4, 0.5) is 0 Å². The summed E-state index contributed by atoms with van der Waals surface area (Å²) < 4.78 is 0. The molecule has 0 saturated heterocycles. The molecule has 0 amide bonds. The Morgan fingerprint density at radius 1 is 1.12 bits per heavy atom. The van der Waals surface area contributed by atoms with E-state index in [0.717, 1.165) is 38.5 Å². The smallest absolute Gasteiger partial charge is 0.155 e. The first kappa shape index (κ1) is 17.7. The summed E-state index contributed by atoms with van der Waals surface area (Å²) in [6, 6.07) is 0. The summed E-state index contributed by atoms with van der Waals surface area (Å²) in [6.45, 7) is 4.46. The van der Waals surface area contributed by atoms with Crippen LogP contribution in [0.1, 0.15) is 58.8 Å². The molecule has 0 aliphatic heterocycles. The number of hydrogen-bond acceptors (Lipinski definition) is 3. The first-order valence-corrected chi connectivity index (χ1v) is 9.29. The maximum atomic E-state index is 11.8. The van der Waals surface area contributed by atoms with Crippen LogP contribution in [0.3, 0.4) is 0 Å². The molecule has 0 bridgehead atoms. The summed E-state index contributed by atoms with van der Waals surface area (Å²) in [4.78, 5) is 11.8. The van der Waals surface area contributed by atoms with E-state index in [0.29, 0.717) is 18.3 Å². The molecule has 132 valence electrons. The van der Waals surface area contributed by atoms with Gasteiger partial charge in [-0.2, -0.15) is 0 Å². The van der Waals surface area contributed by atoms with Crippen molar-refractivity contribution < 1.29 is 15.0 Å². The Labute approximate surface area is 145 Å². The number of terminal acetylenes is 1. The van der Waals surface area contributed by atoms with Gasteiger partial charge >= 0.3 is 0 Å². The van der Waals surface area contributed by atoms with E-state index in [4.69, 9.17) is 0 Å². The third kappa shape index (κ3) is 2.30. The largest absolute Gasteiger partial charge is 0.393 e. The Hall–Kier alpha value is -1.11. The highest BCUT2D eigenvalue weighted by atomic mass is 16.3. The van der Waals surface area contributed by atoms with E-state index in [1.54, 1.807) is 0 Å². The standard InChI is InChI=1S/C19H28O3.C2H2/c1-18-8-7-12(20)9-11(18)3-4-13-14-5-6-16(22)19(14,2)10-15(21)17(13)18;1-2/h9,13-17,21-22H,3-8,10H2,1-2H3;1-2H. The molecule has 3 saturated carbocycles. The fourth-order valence-electron chi connectivity index (χ4n) is 6.66.